The van der Waals surface area contributed by atoms with E-state index in [1.54, 1.807) is 0 Å². The molecule has 1 aliphatic carbocycles. The van der Waals surface area contributed by atoms with Gasteiger partial charge < -0.3 is 15.2 Å². The third-order valence-electron chi connectivity index (χ3n) is 2.37. The zero-order valence-electron chi connectivity index (χ0n) is 8.62. The SMILES string of the molecule is CC(C)NC(CO)COC1CCC1. The molecule has 1 rings (SSSR count). The van der Waals surface area contributed by atoms with Crippen molar-refractivity contribution < 1.29 is 9.84 Å². The summed E-state index contributed by atoms with van der Waals surface area (Å²) in [6.07, 6.45) is 4.15. The summed E-state index contributed by atoms with van der Waals surface area (Å²) in [6, 6.07) is 0.503. The molecule has 0 aromatic heterocycles. The Morgan fingerprint density at radius 2 is 2.15 bits per heavy atom. The smallest absolute Gasteiger partial charge is 0.0645 e. The van der Waals surface area contributed by atoms with Crippen LogP contribution in [0.5, 0.6) is 0 Å². The minimum atomic E-state index is 0.0978. The minimum Gasteiger partial charge on any atom is -0.395 e. The van der Waals surface area contributed by atoms with Gasteiger partial charge in [-0.2, -0.15) is 0 Å². The Morgan fingerprint density at radius 3 is 2.54 bits per heavy atom. The van der Waals surface area contributed by atoms with E-state index in [1.807, 2.05) is 0 Å². The molecule has 1 atom stereocenters. The summed E-state index contributed by atoms with van der Waals surface area (Å²) in [5, 5.41) is 12.3. The summed E-state index contributed by atoms with van der Waals surface area (Å²) in [7, 11) is 0. The summed E-state index contributed by atoms with van der Waals surface area (Å²) in [6.45, 7) is 4.95. The molecule has 3 nitrogen and oxygen atoms in total. The third kappa shape index (κ3) is 4.07. The Kier molecular flexibility index (Phi) is 4.70. The van der Waals surface area contributed by atoms with Gasteiger partial charge in [0.05, 0.1) is 25.4 Å². The molecule has 0 aromatic rings. The Morgan fingerprint density at radius 1 is 1.46 bits per heavy atom. The van der Waals surface area contributed by atoms with Gasteiger partial charge in [0, 0.05) is 6.04 Å². The molecular weight excluding hydrogens is 166 g/mol. The molecule has 0 aromatic carbocycles. The van der Waals surface area contributed by atoms with E-state index in [1.165, 1.54) is 19.3 Å². The molecule has 2 N–H and O–H groups in total. The van der Waals surface area contributed by atoms with Crippen molar-refractivity contribution in [1.29, 1.82) is 0 Å². The highest BCUT2D eigenvalue weighted by molar-refractivity contribution is 4.72. The van der Waals surface area contributed by atoms with Crippen molar-refractivity contribution in [3.8, 4) is 0 Å². The minimum absolute atomic E-state index is 0.0978. The third-order valence-corrected chi connectivity index (χ3v) is 2.37. The van der Waals surface area contributed by atoms with Gasteiger partial charge in [-0.1, -0.05) is 13.8 Å². The van der Waals surface area contributed by atoms with Crippen molar-refractivity contribution in [3.05, 3.63) is 0 Å². The molecule has 1 fully saturated rings. The lowest BCUT2D eigenvalue weighted by atomic mass is 9.96. The molecule has 3 heteroatoms. The molecule has 0 heterocycles. The second-order valence-electron chi connectivity index (χ2n) is 4.09. The largest absolute Gasteiger partial charge is 0.395 e. The van der Waals surface area contributed by atoms with E-state index in [2.05, 4.69) is 19.2 Å². The fourth-order valence-electron chi connectivity index (χ4n) is 1.41. The van der Waals surface area contributed by atoms with Crippen LogP contribution in [0.3, 0.4) is 0 Å². The lowest BCUT2D eigenvalue weighted by Crippen LogP contribution is -2.42. The first-order chi connectivity index (χ1) is 6.22. The van der Waals surface area contributed by atoms with Crippen LogP contribution in [0.4, 0.5) is 0 Å². The zero-order valence-corrected chi connectivity index (χ0v) is 8.62. The Bertz CT molecular complexity index is 135. The van der Waals surface area contributed by atoms with Crippen molar-refractivity contribution in [2.45, 2.75) is 51.3 Å². The van der Waals surface area contributed by atoms with Crippen LogP contribution < -0.4 is 5.32 Å². The second kappa shape index (κ2) is 5.58. The van der Waals surface area contributed by atoms with E-state index in [-0.39, 0.29) is 12.6 Å². The first-order valence-corrected chi connectivity index (χ1v) is 5.21. The molecule has 0 amide bonds. The Labute approximate surface area is 80.5 Å². The van der Waals surface area contributed by atoms with E-state index < -0.39 is 0 Å². The maximum absolute atomic E-state index is 9.04. The van der Waals surface area contributed by atoms with E-state index in [0.717, 1.165) is 0 Å². The molecule has 1 unspecified atom stereocenters. The highest BCUT2D eigenvalue weighted by Gasteiger charge is 2.19. The van der Waals surface area contributed by atoms with Crippen LogP contribution in [-0.4, -0.2) is 36.5 Å². The van der Waals surface area contributed by atoms with Crippen LogP contribution in [0.25, 0.3) is 0 Å². The molecule has 13 heavy (non-hydrogen) atoms. The lowest BCUT2D eigenvalue weighted by Gasteiger charge is -2.28. The molecule has 78 valence electrons. The average Bonchev–Trinajstić information content (AvgIpc) is 1.99. The van der Waals surface area contributed by atoms with Crippen molar-refractivity contribution >= 4 is 0 Å². The predicted octanol–water partition coefficient (Wildman–Crippen LogP) is 0.914. The number of aliphatic hydroxyl groups excluding tert-OH is 1. The molecule has 1 saturated carbocycles. The number of nitrogens with one attached hydrogen (secondary N) is 1. The summed E-state index contributed by atoms with van der Waals surface area (Å²) in [4.78, 5) is 0. The molecule has 1 aliphatic rings. The van der Waals surface area contributed by atoms with Crippen LogP contribution >= 0.6 is 0 Å². The van der Waals surface area contributed by atoms with Crippen molar-refractivity contribution in [2.75, 3.05) is 13.2 Å². The molecule has 0 spiro atoms. The summed E-state index contributed by atoms with van der Waals surface area (Å²) in [5.41, 5.74) is 0. The number of hydrogen-bond acceptors (Lipinski definition) is 3. The van der Waals surface area contributed by atoms with Gasteiger partial charge in [-0.05, 0) is 19.3 Å². The van der Waals surface area contributed by atoms with Gasteiger partial charge >= 0.3 is 0 Å². The van der Waals surface area contributed by atoms with Crippen LogP contribution in [0.15, 0.2) is 0 Å². The monoisotopic (exact) mass is 187 g/mol. The Hall–Kier alpha value is -0.120. The van der Waals surface area contributed by atoms with E-state index in [9.17, 15) is 0 Å². The van der Waals surface area contributed by atoms with Gasteiger partial charge in [-0.25, -0.2) is 0 Å². The number of rotatable bonds is 6. The molecule has 0 aliphatic heterocycles. The maximum Gasteiger partial charge on any atom is 0.0645 e. The van der Waals surface area contributed by atoms with E-state index in [0.29, 0.717) is 18.8 Å². The highest BCUT2D eigenvalue weighted by Crippen LogP contribution is 2.21. The quantitative estimate of drug-likeness (QED) is 0.649. The van der Waals surface area contributed by atoms with Crippen LogP contribution in [0.2, 0.25) is 0 Å². The summed E-state index contributed by atoms with van der Waals surface area (Å²) in [5.74, 6) is 0. The fraction of sp³-hybridized carbons (Fsp3) is 1.00. The van der Waals surface area contributed by atoms with Crippen LogP contribution in [0.1, 0.15) is 33.1 Å². The fourth-order valence-corrected chi connectivity index (χ4v) is 1.41. The summed E-state index contributed by atoms with van der Waals surface area (Å²) >= 11 is 0. The number of ether oxygens (including phenoxy) is 1. The number of hydrogen-bond donors (Lipinski definition) is 2. The van der Waals surface area contributed by atoms with Gasteiger partial charge in [0.15, 0.2) is 0 Å². The van der Waals surface area contributed by atoms with Gasteiger partial charge in [0.25, 0.3) is 0 Å². The Balaban J connectivity index is 2.07. The first-order valence-electron chi connectivity index (χ1n) is 5.21. The van der Waals surface area contributed by atoms with Gasteiger partial charge in [0.1, 0.15) is 0 Å². The normalized spacial score (nSPS) is 20.3. The predicted molar refractivity (Wildman–Crippen MR) is 52.7 cm³/mol. The van der Waals surface area contributed by atoms with Gasteiger partial charge in [0.2, 0.25) is 0 Å². The second-order valence-corrected chi connectivity index (χ2v) is 4.09. The number of aliphatic hydroxyl groups is 1. The van der Waals surface area contributed by atoms with Gasteiger partial charge in [-0.3, -0.25) is 0 Å². The van der Waals surface area contributed by atoms with Gasteiger partial charge in [-0.15, -0.1) is 0 Å². The molecule has 0 radical (unpaired) electrons. The van der Waals surface area contributed by atoms with Crippen molar-refractivity contribution in [3.63, 3.8) is 0 Å². The molecule has 0 bridgehead atoms. The van der Waals surface area contributed by atoms with Crippen molar-refractivity contribution in [1.82, 2.24) is 5.32 Å². The maximum atomic E-state index is 9.04. The topological polar surface area (TPSA) is 41.5 Å². The molecular formula is C10H21NO2. The molecule has 0 saturated heterocycles. The van der Waals surface area contributed by atoms with E-state index in [4.69, 9.17) is 9.84 Å². The summed E-state index contributed by atoms with van der Waals surface area (Å²) < 4.78 is 5.61. The van der Waals surface area contributed by atoms with Crippen LogP contribution in [-0.2, 0) is 4.74 Å². The zero-order chi connectivity index (χ0) is 9.68. The van der Waals surface area contributed by atoms with E-state index >= 15 is 0 Å². The average molecular weight is 187 g/mol. The first kappa shape index (κ1) is 11.0. The standard InChI is InChI=1S/C10H21NO2/c1-8(2)11-9(6-12)7-13-10-4-3-5-10/h8-12H,3-7H2,1-2H3. The highest BCUT2D eigenvalue weighted by atomic mass is 16.5. The lowest BCUT2D eigenvalue weighted by molar-refractivity contribution is -0.0163. The van der Waals surface area contributed by atoms with Crippen LogP contribution in [0, 0.1) is 0 Å². The van der Waals surface area contributed by atoms with Crippen molar-refractivity contribution in [2.24, 2.45) is 0 Å².